The Morgan fingerprint density at radius 3 is 2.40 bits per heavy atom. The van der Waals surface area contributed by atoms with Gasteiger partial charge in [0.25, 0.3) is 0 Å². The van der Waals surface area contributed by atoms with E-state index in [1.54, 1.807) is 7.11 Å². The second-order valence-electron chi connectivity index (χ2n) is 4.78. The summed E-state index contributed by atoms with van der Waals surface area (Å²) in [7, 11) is 3.81. The normalized spacial score (nSPS) is 14.6. The molecule has 3 nitrogen and oxygen atoms in total. The molecule has 0 amide bonds. The van der Waals surface area contributed by atoms with E-state index >= 15 is 0 Å². The van der Waals surface area contributed by atoms with Gasteiger partial charge in [0.1, 0.15) is 0 Å². The molecule has 0 aliphatic rings. The molecule has 0 saturated carbocycles. The van der Waals surface area contributed by atoms with E-state index in [0.29, 0.717) is 4.83 Å². The van der Waals surface area contributed by atoms with Crippen molar-refractivity contribution in [1.82, 2.24) is 4.90 Å². The molecule has 0 fully saturated rings. The third-order valence-corrected chi connectivity index (χ3v) is 2.42. The molecular weight excluding hydrogens is 258 g/mol. The van der Waals surface area contributed by atoms with Gasteiger partial charge in [-0.25, -0.2) is 0 Å². The monoisotopic (exact) mass is 281 g/mol. The number of alkyl halides is 1. The van der Waals surface area contributed by atoms with E-state index in [9.17, 15) is 0 Å². The summed E-state index contributed by atoms with van der Waals surface area (Å²) in [6.07, 6.45) is 0. The Morgan fingerprint density at radius 1 is 1.33 bits per heavy atom. The van der Waals surface area contributed by atoms with Crippen LogP contribution in [0.4, 0.5) is 0 Å². The van der Waals surface area contributed by atoms with Gasteiger partial charge in [0.2, 0.25) is 0 Å². The minimum Gasteiger partial charge on any atom is -0.383 e. The average Bonchev–Trinajstić information content (AvgIpc) is 2.01. The lowest BCUT2D eigenvalue weighted by Gasteiger charge is -2.24. The quantitative estimate of drug-likeness (QED) is 0.668. The first kappa shape index (κ1) is 15.4. The van der Waals surface area contributed by atoms with Crippen LogP contribution in [0.3, 0.4) is 0 Å². The molecule has 15 heavy (non-hydrogen) atoms. The third-order valence-electron chi connectivity index (χ3n) is 1.87. The van der Waals surface area contributed by atoms with Gasteiger partial charge in [-0.15, -0.1) is 0 Å². The molecule has 1 unspecified atom stereocenters. The lowest BCUT2D eigenvalue weighted by molar-refractivity contribution is -0.0109. The molecule has 0 spiro atoms. The van der Waals surface area contributed by atoms with Crippen LogP contribution in [0.2, 0.25) is 0 Å². The largest absolute Gasteiger partial charge is 0.383 e. The summed E-state index contributed by atoms with van der Waals surface area (Å²) in [4.78, 5) is 2.63. The van der Waals surface area contributed by atoms with Crippen molar-refractivity contribution < 1.29 is 9.47 Å². The Labute approximate surface area is 102 Å². The summed E-state index contributed by atoms with van der Waals surface area (Å²) in [5.74, 6) is 0. The van der Waals surface area contributed by atoms with Crippen LogP contribution in [0.1, 0.15) is 20.8 Å². The average molecular weight is 282 g/mol. The molecule has 0 rings (SSSR count). The van der Waals surface area contributed by atoms with Gasteiger partial charge in [0.05, 0.1) is 23.6 Å². The highest BCUT2D eigenvalue weighted by atomic mass is 79.9. The predicted octanol–water partition coefficient (Wildman–Crippen LogP) is 2.14. The topological polar surface area (TPSA) is 21.7 Å². The van der Waals surface area contributed by atoms with Crippen molar-refractivity contribution >= 4 is 15.9 Å². The Kier molecular flexibility index (Phi) is 7.79. The third kappa shape index (κ3) is 10.6. The van der Waals surface area contributed by atoms with Crippen molar-refractivity contribution in [3.63, 3.8) is 0 Å². The number of hydrogen-bond acceptors (Lipinski definition) is 3. The second-order valence-corrected chi connectivity index (χ2v) is 6.07. The maximum absolute atomic E-state index is 5.65. The molecule has 92 valence electrons. The number of hydrogen-bond donors (Lipinski definition) is 0. The van der Waals surface area contributed by atoms with E-state index in [1.165, 1.54) is 0 Å². The number of nitrogens with zero attached hydrogens (tertiary/aromatic N) is 1. The fourth-order valence-corrected chi connectivity index (χ4v) is 1.93. The van der Waals surface area contributed by atoms with Gasteiger partial charge in [-0.3, -0.25) is 0 Å². The van der Waals surface area contributed by atoms with Gasteiger partial charge < -0.3 is 14.4 Å². The molecule has 0 aliphatic carbocycles. The maximum Gasteiger partial charge on any atom is 0.0600 e. The van der Waals surface area contributed by atoms with Crippen molar-refractivity contribution in [1.29, 1.82) is 0 Å². The van der Waals surface area contributed by atoms with Gasteiger partial charge in [0.15, 0.2) is 0 Å². The zero-order chi connectivity index (χ0) is 11.9. The lowest BCUT2D eigenvalue weighted by Crippen LogP contribution is -2.33. The van der Waals surface area contributed by atoms with E-state index in [-0.39, 0.29) is 5.60 Å². The van der Waals surface area contributed by atoms with Gasteiger partial charge in [0, 0.05) is 20.2 Å². The zero-order valence-corrected chi connectivity index (χ0v) is 12.1. The first-order valence-electron chi connectivity index (χ1n) is 5.30. The smallest absolute Gasteiger partial charge is 0.0600 e. The molecule has 0 radical (unpaired) electrons. The van der Waals surface area contributed by atoms with Gasteiger partial charge in [-0.2, -0.15) is 0 Å². The standard InChI is InChI=1S/C11H24BrNO2/c1-11(2,3)15-7-6-13(4)8-10(12)9-14-5/h10H,6-9H2,1-5H3. The van der Waals surface area contributed by atoms with Crippen molar-refractivity contribution in [3.05, 3.63) is 0 Å². The number of halogens is 1. The van der Waals surface area contributed by atoms with E-state index < -0.39 is 0 Å². The highest BCUT2D eigenvalue weighted by Gasteiger charge is 2.11. The summed E-state index contributed by atoms with van der Waals surface area (Å²) in [6, 6.07) is 0. The van der Waals surface area contributed by atoms with E-state index in [0.717, 1.165) is 26.3 Å². The highest BCUT2D eigenvalue weighted by Crippen LogP contribution is 2.07. The van der Waals surface area contributed by atoms with Crippen LogP contribution in [-0.4, -0.2) is 55.8 Å². The fourth-order valence-electron chi connectivity index (χ4n) is 1.17. The number of ether oxygens (including phenoxy) is 2. The van der Waals surface area contributed by atoms with Crippen LogP contribution in [0.5, 0.6) is 0 Å². The summed E-state index contributed by atoms with van der Waals surface area (Å²) in [5.41, 5.74) is -0.0405. The molecule has 0 saturated heterocycles. The Morgan fingerprint density at radius 2 is 1.93 bits per heavy atom. The van der Waals surface area contributed by atoms with Crippen molar-refractivity contribution in [2.24, 2.45) is 0 Å². The SMILES string of the molecule is COCC(Br)CN(C)CCOC(C)(C)C. The van der Waals surface area contributed by atoms with Crippen LogP contribution in [0.15, 0.2) is 0 Å². The van der Waals surface area contributed by atoms with Crippen molar-refractivity contribution in [2.75, 3.05) is 40.5 Å². The Hall–Kier alpha value is 0.360. The molecule has 0 heterocycles. The molecule has 0 aromatic carbocycles. The molecule has 0 N–H and O–H groups in total. The summed E-state index contributed by atoms with van der Waals surface area (Å²) >= 11 is 3.56. The molecule has 4 heteroatoms. The van der Waals surface area contributed by atoms with Crippen molar-refractivity contribution in [2.45, 2.75) is 31.2 Å². The van der Waals surface area contributed by atoms with Crippen LogP contribution < -0.4 is 0 Å². The van der Waals surface area contributed by atoms with Crippen LogP contribution in [0.25, 0.3) is 0 Å². The van der Waals surface area contributed by atoms with E-state index in [4.69, 9.17) is 9.47 Å². The number of methoxy groups -OCH3 is 1. The van der Waals surface area contributed by atoms with Crippen molar-refractivity contribution in [3.8, 4) is 0 Å². The van der Waals surface area contributed by atoms with E-state index in [1.807, 2.05) is 0 Å². The molecule has 1 atom stereocenters. The Balaban J connectivity index is 3.53. The van der Waals surface area contributed by atoms with Crippen LogP contribution in [-0.2, 0) is 9.47 Å². The molecule has 0 aromatic heterocycles. The molecule has 0 aliphatic heterocycles. The zero-order valence-electron chi connectivity index (χ0n) is 10.5. The predicted molar refractivity (Wildman–Crippen MR) is 67.8 cm³/mol. The summed E-state index contributed by atoms with van der Waals surface area (Å²) in [6.45, 7) is 9.66. The number of likely N-dealkylation sites (N-methyl/N-ethyl adjacent to an activating group) is 1. The van der Waals surface area contributed by atoms with Gasteiger partial charge in [-0.05, 0) is 27.8 Å². The Bertz CT molecular complexity index is 159. The number of rotatable bonds is 7. The first-order chi connectivity index (χ1) is 6.85. The van der Waals surface area contributed by atoms with Crippen LogP contribution in [0, 0.1) is 0 Å². The molecule has 0 bridgehead atoms. The molecule has 0 aromatic rings. The minimum absolute atomic E-state index is 0.0405. The fraction of sp³-hybridized carbons (Fsp3) is 1.00. The van der Waals surface area contributed by atoms with Gasteiger partial charge >= 0.3 is 0 Å². The minimum atomic E-state index is -0.0405. The highest BCUT2D eigenvalue weighted by molar-refractivity contribution is 9.09. The first-order valence-corrected chi connectivity index (χ1v) is 6.22. The molecular formula is C11H24BrNO2. The maximum atomic E-state index is 5.65. The summed E-state index contributed by atoms with van der Waals surface area (Å²) in [5, 5.41) is 0. The second kappa shape index (κ2) is 7.60. The lowest BCUT2D eigenvalue weighted by atomic mass is 10.2. The van der Waals surface area contributed by atoms with Gasteiger partial charge in [-0.1, -0.05) is 15.9 Å². The van der Waals surface area contributed by atoms with E-state index in [2.05, 4.69) is 48.6 Å². The van der Waals surface area contributed by atoms with Crippen LogP contribution >= 0.6 is 15.9 Å². The summed E-state index contributed by atoms with van der Waals surface area (Å²) < 4.78 is 10.7.